The van der Waals surface area contributed by atoms with Gasteiger partial charge in [0.1, 0.15) is 11.5 Å². The second-order valence-electron chi connectivity index (χ2n) is 3.26. The smallest absolute Gasteiger partial charge is 0.321 e. The van der Waals surface area contributed by atoms with Crippen LogP contribution in [0.15, 0.2) is 34.7 Å². The van der Waals surface area contributed by atoms with Crippen LogP contribution in [0.1, 0.15) is 16.4 Å². The number of aryl methyl sites for hydroxylation is 1. The van der Waals surface area contributed by atoms with Crippen molar-refractivity contribution >= 4 is 5.91 Å². The average molecular weight is 217 g/mol. The van der Waals surface area contributed by atoms with Crippen LogP contribution in [0.2, 0.25) is 0 Å². The van der Waals surface area contributed by atoms with Gasteiger partial charge in [-0.3, -0.25) is 10.2 Å². The minimum absolute atomic E-state index is 0.0288. The monoisotopic (exact) mass is 217 g/mol. The molecule has 0 radical (unpaired) electrons. The van der Waals surface area contributed by atoms with Crippen LogP contribution in [0.25, 0.3) is 11.3 Å². The Morgan fingerprint density at radius 3 is 2.69 bits per heavy atom. The largest absolute Gasteiger partial charge is 0.437 e. The van der Waals surface area contributed by atoms with Gasteiger partial charge in [-0.1, -0.05) is 30.3 Å². The van der Waals surface area contributed by atoms with Crippen LogP contribution in [0.3, 0.4) is 0 Å². The summed E-state index contributed by atoms with van der Waals surface area (Å²) in [5.41, 5.74) is 3.53. The Bertz CT molecular complexity index is 505. The average Bonchev–Trinajstić information content (AvgIpc) is 2.71. The van der Waals surface area contributed by atoms with E-state index in [0.717, 1.165) is 5.56 Å². The van der Waals surface area contributed by atoms with Crippen molar-refractivity contribution in [2.45, 2.75) is 6.92 Å². The number of carbonyl (C=O) groups is 1. The SMILES string of the molecule is Cc1oc(C(=O)NN)nc1-c1ccccc1. The zero-order chi connectivity index (χ0) is 11.5. The zero-order valence-corrected chi connectivity index (χ0v) is 8.73. The lowest BCUT2D eigenvalue weighted by Crippen LogP contribution is -2.30. The summed E-state index contributed by atoms with van der Waals surface area (Å²) in [6.45, 7) is 1.75. The molecule has 1 amide bonds. The molecule has 0 saturated carbocycles. The molecular weight excluding hydrogens is 206 g/mol. The first kappa shape index (κ1) is 10.4. The van der Waals surface area contributed by atoms with Gasteiger partial charge in [-0.05, 0) is 6.92 Å². The zero-order valence-electron chi connectivity index (χ0n) is 8.73. The molecule has 0 fully saturated rings. The van der Waals surface area contributed by atoms with Gasteiger partial charge >= 0.3 is 5.91 Å². The predicted octanol–water partition coefficient (Wildman–Crippen LogP) is 1.25. The molecule has 0 bridgehead atoms. The van der Waals surface area contributed by atoms with E-state index in [1.165, 1.54) is 0 Å². The van der Waals surface area contributed by atoms with Gasteiger partial charge in [-0.15, -0.1) is 0 Å². The molecule has 16 heavy (non-hydrogen) atoms. The van der Waals surface area contributed by atoms with E-state index < -0.39 is 5.91 Å². The van der Waals surface area contributed by atoms with Gasteiger partial charge in [-0.25, -0.2) is 10.8 Å². The minimum Gasteiger partial charge on any atom is -0.437 e. The standard InChI is InChI=1S/C11H11N3O2/c1-7-9(8-5-3-2-4-6-8)13-11(16-7)10(15)14-12/h2-6H,12H2,1H3,(H,14,15). The van der Waals surface area contributed by atoms with Gasteiger partial charge in [0.25, 0.3) is 5.89 Å². The van der Waals surface area contributed by atoms with Crippen molar-refractivity contribution in [2.24, 2.45) is 5.84 Å². The number of hydrogen-bond donors (Lipinski definition) is 2. The Kier molecular flexibility index (Phi) is 2.70. The first-order valence-corrected chi connectivity index (χ1v) is 4.76. The molecule has 2 rings (SSSR count). The third-order valence-electron chi connectivity index (χ3n) is 2.17. The highest BCUT2D eigenvalue weighted by Crippen LogP contribution is 2.22. The molecule has 5 nitrogen and oxygen atoms in total. The van der Waals surface area contributed by atoms with Gasteiger partial charge in [0.2, 0.25) is 0 Å². The van der Waals surface area contributed by atoms with E-state index in [4.69, 9.17) is 10.3 Å². The molecular formula is C11H11N3O2. The number of rotatable bonds is 2. The van der Waals surface area contributed by atoms with E-state index in [9.17, 15) is 4.79 Å². The van der Waals surface area contributed by atoms with Crippen LogP contribution >= 0.6 is 0 Å². The highest BCUT2D eigenvalue weighted by Gasteiger charge is 2.16. The van der Waals surface area contributed by atoms with Crippen LogP contribution in [0, 0.1) is 6.92 Å². The van der Waals surface area contributed by atoms with Crippen molar-refractivity contribution in [3.63, 3.8) is 0 Å². The highest BCUT2D eigenvalue weighted by atomic mass is 16.4. The molecule has 0 aliphatic carbocycles. The third kappa shape index (κ3) is 1.80. The summed E-state index contributed by atoms with van der Waals surface area (Å²) in [5, 5.41) is 0. The van der Waals surface area contributed by atoms with Crippen LogP contribution in [-0.4, -0.2) is 10.9 Å². The molecule has 0 aliphatic rings. The first-order chi connectivity index (χ1) is 7.72. The number of carbonyl (C=O) groups excluding carboxylic acids is 1. The molecule has 1 aromatic carbocycles. The highest BCUT2D eigenvalue weighted by molar-refractivity contribution is 5.89. The number of aromatic nitrogens is 1. The fourth-order valence-corrected chi connectivity index (χ4v) is 1.42. The summed E-state index contributed by atoms with van der Waals surface area (Å²) in [7, 11) is 0. The number of nitrogen functional groups attached to an aromatic ring is 1. The molecule has 2 aromatic rings. The quantitative estimate of drug-likeness (QED) is 0.450. The summed E-state index contributed by atoms with van der Waals surface area (Å²) in [6.07, 6.45) is 0. The van der Waals surface area contributed by atoms with E-state index in [0.29, 0.717) is 11.5 Å². The lowest BCUT2D eigenvalue weighted by molar-refractivity contribution is 0.0917. The van der Waals surface area contributed by atoms with Crippen molar-refractivity contribution < 1.29 is 9.21 Å². The normalized spacial score (nSPS) is 10.1. The van der Waals surface area contributed by atoms with Crippen molar-refractivity contribution in [1.29, 1.82) is 0 Å². The Hall–Kier alpha value is -2.14. The van der Waals surface area contributed by atoms with E-state index in [2.05, 4.69) is 4.98 Å². The summed E-state index contributed by atoms with van der Waals surface area (Å²) in [6, 6.07) is 9.49. The number of oxazole rings is 1. The van der Waals surface area contributed by atoms with Crippen molar-refractivity contribution in [2.75, 3.05) is 0 Å². The van der Waals surface area contributed by atoms with Crippen LogP contribution < -0.4 is 11.3 Å². The molecule has 0 aliphatic heterocycles. The topological polar surface area (TPSA) is 81.2 Å². The van der Waals surface area contributed by atoms with Crippen molar-refractivity contribution in [3.05, 3.63) is 42.0 Å². The minimum atomic E-state index is -0.537. The Morgan fingerprint density at radius 1 is 1.38 bits per heavy atom. The predicted molar refractivity (Wildman–Crippen MR) is 58.3 cm³/mol. The van der Waals surface area contributed by atoms with Crippen molar-refractivity contribution in [3.8, 4) is 11.3 Å². The number of hydrazine groups is 1. The molecule has 0 spiro atoms. The maximum atomic E-state index is 11.2. The Labute approximate surface area is 92.3 Å². The molecule has 5 heteroatoms. The van der Waals surface area contributed by atoms with Crippen LogP contribution in [0.5, 0.6) is 0 Å². The summed E-state index contributed by atoms with van der Waals surface area (Å²) in [5.74, 6) is 5.02. The molecule has 0 saturated heterocycles. The number of nitrogens with one attached hydrogen (secondary N) is 1. The Balaban J connectivity index is 2.44. The maximum Gasteiger partial charge on any atom is 0.321 e. The number of amides is 1. The van der Waals surface area contributed by atoms with E-state index in [1.807, 2.05) is 35.8 Å². The molecule has 3 N–H and O–H groups in total. The lowest BCUT2D eigenvalue weighted by Gasteiger charge is -1.94. The van der Waals surface area contributed by atoms with Crippen LogP contribution in [-0.2, 0) is 0 Å². The summed E-state index contributed by atoms with van der Waals surface area (Å²) in [4.78, 5) is 15.3. The van der Waals surface area contributed by atoms with Gasteiger partial charge in [0, 0.05) is 5.56 Å². The molecule has 1 heterocycles. The molecule has 0 unspecified atom stereocenters. The second-order valence-corrected chi connectivity index (χ2v) is 3.26. The molecule has 0 atom stereocenters. The lowest BCUT2D eigenvalue weighted by atomic mass is 10.1. The summed E-state index contributed by atoms with van der Waals surface area (Å²) >= 11 is 0. The number of hydrogen-bond acceptors (Lipinski definition) is 4. The number of benzene rings is 1. The summed E-state index contributed by atoms with van der Waals surface area (Å²) < 4.78 is 5.22. The third-order valence-corrected chi connectivity index (χ3v) is 2.17. The van der Waals surface area contributed by atoms with Gasteiger partial charge in [0.15, 0.2) is 0 Å². The molecule has 1 aromatic heterocycles. The van der Waals surface area contributed by atoms with E-state index in [1.54, 1.807) is 6.92 Å². The number of nitrogens with zero attached hydrogens (tertiary/aromatic N) is 1. The fourth-order valence-electron chi connectivity index (χ4n) is 1.42. The van der Waals surface area contributed by atoms with Gasteiger partial charge in [0.05, 0.1) is 0 Å². The van der Waals surface area contributed by atoms with E-state index >= 15 is 0 Å². The maximum absolute atomic E-state index is 11.2. The van der Waals surface area contributed by atoms with Gasteiger partial charge in [-0.2, -0.15) is 0 Å². The van der Waals surface area contributed by atoms with E-state index in [-0.39, 0.29) is 5.89 Å². The number of nitrogens with two attached hydrogens (primary N) is 1. The van der Waals surface area contributed by atoms with Gasteiger partial charge < -0.3 is 4.42 Å². The first-order valence-electron chi connectivity index (χ1n) is 4.76. The second kappa shape index (κ2) is 4.16. The van der Waals surface area contributed by atoms with Crippen LogP contribution in [0.4, 0.5) is 0 Å². The fraction of sp³-hybridized carbons (Fsp3) is 0.0909. The molecule has 82 valence electrons. The van der Waals surface area contributed by atoms with Crippen molar-refractivity contribution in [1.82, 2.24) is 10.4 Å². The Morgan fingerprint density at radius 2 is 2.06 bits per heavy atom.